The molecule has 0 N–H and O–H groups in total. The van der Waals surface area contributed by atoms with E-state index in [-0.39, 0.29) is 11.7 Å². The van der Waals surface area contributed by atoms with Crippen LogP contribution < -0.4 is 9.64 Å². The van der Waals surface area contributed by atoms with Crippen LogP contribution in [0.5, 0.6) is 5.75 Å². The van der Waals surface area contributed by atoms with E-state index in [2.05, 4.69) is 0 Å². The molecule has 3 nitrogen and oxygen atoms in total. The minimum Gasteiger partial charge on any atom is -0.489 e. The van der Waals surface area contributed by atoms with Crippen molar-refractivity contribution in [1.29, 1.82) is 0 Å². The fourth-order valence-electron chi connectivity index (χ4n) is 2.90. The van der Waals surface area contributed by atoms with Crippen molar-refractivity contribution in [2.75, 3.05) is 4.90 Å². The van der Waals surface area contributed by atoms with Crippen molar-refractivity contribution in [2.24, 2.45) is 0 Å². The highest BCUT2D eigenvalue weighted by Gasteiger charge is 2.33. The van der Waals surface area contributed by atoms with Gasteiger partial charge in [0.2, 0.25) is 0 Å². The fraction of sp³-hybridized carbons (Fsp3) is 0.0435. The highest BCUT2D eigenvalue weighted by Crippen LogP contribution is 2.36. The number of rotatable bonds is 5. The maximum absolute atomic E-state index is 13.5. The number of amides is 1. The molecule has 4 rings (SSSR count). The quantitative estimate of drug-likeness (QED) is 0.363. The van der Waals surface area contributed by atoms with Crippen LogP contribution in [-0.2, 0) is 11.4 Å². The van der Waals surface area contributed by atoms with E-state index in [4.69, 9.17) is 17.0 Å². The average Bonchev–Trinajstić information content (AvgIpc) is 3.01. The van der Waals surface area contributed by atoms with Gasteiger partial charge in [0.15, 0.2) is 4.32 Å². The van der Waals surface area contributed by atoms with Gasteiger partial charge < -0.3 is 4.74 Å². The van der Waals surface area contributed by atoms with Crippen molar-refractivity contribution in [2.45, 2.75) is 6.61 Å². The van der Waals surface area contributed by atoms with Crippen LogP contribution in [-0.4, -0.2) is 10.2 Å². The summed E-state index contributed by atoms with van der Waals surface area (Å²) in [6, 6.07) is 19.1. The van der Waals surface area contributed by atoms with Crippen molar-refractivity contribution in [3.8, 4) is 5.75 Å². The molecular formula is C23H15F2NO2S2. The molecule has 3 aromatic rings. The molecule has 1 aliphatic heterocycles. The summed E-state index contributed by atoms with van der Waals surface area (Å²) in [5.41, 5.74) is 2.02. The maximum atomic E-state index is 13.5. The molecule has 7 heteroatoms. The molecule has 30 heavy (non-hydrogen) atoms. The van der Waals surface area contributed by atoms with Gasteiger partial charge in [-0.3, -0.25) is 9.69 Å². The first kappa shape index (κ1) is 20.3. The Morgan fingerprint density at radius 1 is 0.967 bits per heavy atom. The number of hydrogen-bond acceptors (Lipinski definition) is 4. The number of benzene rings is 3. The van der Waals surface area contributed by atoms with Crippen LogP contribution in [0.15, 0.2) is 77.7 Å². The molecule has 1 heterocycles. The zero-order valence-electron chi connectivity index (χ0n) is 15.5. The van der Waals surface area contributed by atoms with Crippen LogP contribution >= 0.6 is 24.0 Å². The number of thiocarbonyl (C=S) groups is 1. The number of ether oxygens (including phenoxy) is 1. The smallest absolute Gasteiger partial charge is 0.270 e. The summed E-state index contributed by atoms with van der Waals surface area (Å²) in [6.45, 7) is 0.297. The van der Waals surface area contributed by atoms with E-state index in [1.165, 1.54) is 35.2 Å². The largest absolute Gasteiger partial charge is 0.489 e. The first-order valence-corrected chi connectivity index (χ1v) is 10.2. The SMILES string of the molecule is O=C1/C(=C/c2cccc(OCc3ccc(F)cc3)c2)SC(=S)N1c1cccc(F)c1. The minimum atomic E-state index is -0.434. The molecule has 0 unspecified atom stereocenters. The molecule has 1 fully saturated rings. The second-order valence-electron chi connectivity index (χ2n) is 6.48. The van der Waals surface area contributed by atoms with Crippen molar-refractivity contribution in [3.63, 3.8) is 0 Å². The molecule has 0 spiro atoms. The number of nitrogens with zero attached hydrogens (tertiary/aromatic N) is 1. The first-order valence-electron chi connectivity index (χ1n) is 9.00. The maximum Gasteiger partial charge on any atom is 0.270 e. The van der Waals surface area contributed by atoms with E-state index in [9.17, 15) is 13.6 Å². The molecule has 1 amide bonds. The van der Waals surface area contributed by atoms with Gasteiger partial charge in [-0.05, 0) is 59.7 Å². The molecule has 1 saturated heterocycles. The first-order chi connectivity index (χ1) is 14.5. The average molecular weight is 440 g/mol. The van der Waals surface area contributed by atoms with E-state index < -0.39 is 5.82 Å². The van der Waals surface area contributed by atoms with E-state index in [1.807, 2.05) is 12.1 Å². The van der Waals surface area contributed by atoms with Gasteiger partial charge in [0, 0.05) is 0 Å². The second kappa shape index (κ2) is 8.77. The van der Waals surface area contributed by atoms with Gasteiger partial charge in [-0.1, -0.05) is 54.3 Å². The molecular weight excluding hydrogens is 424 g/mol. The Bertz CT molecular complexity index is 1150. The molecule has 1 aliphatic rings. The van der Waals surface area contributed by atoms with E-state index >= 15 is 0 Å². The molecule has 0 bridgehead atoms. The Kier molecular flexibility index (Phi) is 5.92. The van der Waals surface area contributed by atoms with Gasteiger partial charge in [-0.25, -0.2) is 8.78 Å². The summed E-state index contributed by atoms with van der Waals surface area (Å²) in [4.78, 5) is 14.6. The molecule has 0 radical (unpaired) electrons. The van der Waals surface area contributed by atoms with Gasteiger partial charge in [-0.15, -0.1) is 0 Å². The summed E-state index contributed by atoms with van der Waals surface area (Å²) in [5, 5.41) is 0. The Morgan fingerprint density at radius 3 is 2.50 bits per heavy atom. The van der Waals surface area contributed by atoms with Gasteiger partial charge in [0.25, 0.3) is 5.91 Å². The zero-order chi connectivity index (χ0) is 21.1. The Labute approximate surface area is 182 Å². The Morgan fingerprint density at radius 2 is 1.73 bits per heavy atom. The predicted molar refractivity (Wildman–Crippen MR) is 119 cm³/mol. The Balaban J connectivity index is 1.50. The molecule has 0 saturated carbocycles. The molecule has 0 aromatic heterocycles. The van der Waals surface area contributed by atoms with Crippen molar-refractivity contribution in [3.05, 3.63) is 100 Å². The van der Waals surface area contributed by atoms with Gasteiger partial charge >= 0.3 is 0 Å². The number of carbonyl (C=O) groups is 1. The molecule has 0 atom stereocenters. The second-order valence-corrected chi connectivity index (χ2v) is 8.16. The number of thioether (sulfide) groups is 1. The third-order valence-electron chi connectivity index (χ3n) is 4.33. The fourth-order valence-corrected chi connectivity index (χ4v) is 4.20. The monoisotopic (exact) mass is 439 g/mol. The van der Waals surface area contributed by atoms with Crippen LogP contribution in [0.2, 0.25) is 0 Å². The summed E-state index contributed by atoms with van der Waals surface area (Å²) in [7, 11) is 0. The van der Waals surface area contributed by atoms with Gasteiger partial charge in [-0.2, -0.15) is 0 Å². The van der Waals surface area contributed by atoms with Crippen LogP contribution in [0.4, 0.5) is 14.5 Å². The van der Waals surface area contributed by atoms with Crippen molar-refractivity contribution >= 4 is 46.0 Å². The number of carbonyl (C=O) groups excluding carboxylic acids is 1. The van der Waals surface area contributed by atoms with Crippen molar-refractivity contribution < 1.29 is 18.3 Å². The molecule has 150 valence electrons. The highest BCUT2D eigenvalue weighted by molar-refractivity contribution is 8.27. The van der Waals surface area contributed by atoms with Crippen LogP contribution in [0.1, 0.15) is 11.1 Å². The lowest BCUT2D eigenvalue weighted by Gasteiger charge is -2.14. The topological polar surface area (TPSA) is 29.5 Å². The van der Waals surface area contributed by atoms with E-state index in [1.54, 1.807) is 36.4 Å². The standard InChI is InChI=1S/C23H15F2NO2S2/c24-17-9-7-15(8-10-17)14-28-20-6-1-3-16(11-20)12-21-22(27)26(23(29)30-21)19-5-2-4-18(25)13-19/h1-13H,14H2/b21-12-. The van der Waals surface area contributed by atoms with Gasteiger partial charge in [0.05, 0.1) is 10.6 Å². The van der Waals surface area contributed by atoms with E-state index in [0.29, 0.717) is 27.3 Å². The lowest BCUT2D eigenvalue weighted by atomic mass is 10.2. The third-order valence-corrected chi connectivity index (χ3v) is 5.64. The van der Waals surface area contributed by atoms with Crippen LogP contribution in [0, 0.1) is 11.6 Å². The summed E-state index contributed by atoms with van der Waals surface area (Å²) < 4.78 is 32.7. The third kappa shape index (κ3) is 4.58. The molecule has 0 aliphatic carbocycles. The van der Waals surface area contributed by atoms with E-state index in [0.717, 1.165) is 22.9 Å². The Hall–Kier alpha value is -3.03. The summed E-state index contributed by atoms with van der Waals surface area (Å²) >= 11 is 6.49. The number of anilines is 1. The minimum absolute atomic E-state index is 0.295. The van der Waals surface area contributed by atoms with Crippen molar-refractivity contribution in [1.82, 2.24) is 0 Å². The van der Waals surface area contributed by atoms with Gasteiger partial charge in [0.1, 0.15) is 24.0 Å². The number of hydrogen-bond donors (Lipinski definition) is 0. The molecule has 3 aromatic carbocycles. The normalized spacial score (nSPS) is 15.1. The number of halogens is 2. The highest BCUT2D eigenvalue weighted by atomic mass is 32.2. The zero-order valence-corrected chi connectivity index (χ0v) is 17.2. The predicted octanol–water partition coefficient (Wildman–Crippen LogP) is 5.95. The van der Waals surface area contributed by atoms with Crippen LogP contribution in [0.3, 0.4) is 0 Å². The lowest BCUT2D eigenvalue weighted by molar-refractivity contribution is -0.113. The van der Waals surface area contributed by atoms with Crippen LogP contribution in [0.25, 0.3) is 6.08 Å². The lowest BCUT2D eigenvalue weighted by Crippen LogP contribution is -2.27. The summed E-state index contributed by atoms with van der Waals surface area (Å²) in [6.07, 6.45) is 1.73. The summed E-state index contributed by atoms with van der Waals surface area (Å²) in [5.74, 6) is -0.408.